The molecule has 0 saturated heterocycles. The molecule has 2 rings (SSSR count). The number of H-pyrrole nitrogens is 2. The SMILES string of the molecule is O=S(=O)([O-])c1ccc(-c2ccc(S(=O)(=O)O)[nH]2)[nH]1.[Na+]. The largest absolute Gasteiger partial charge is 1.00 e. The van der Waals surface area contributed by atoms with Crippen LogP contribution in [0.15, 0.2) is 34.3 Å². The molecule has 0 unspecified atom stereocenters. The molecule has 2 heterocycles. The summed E-state index contributed by atoms with van der Waals surface area (Å²) < 4.78 is 62.5. The maximum atomic E-state index is 10.8. The molecule has 0 aliphatic heterocycles. The molecule has 98 valence electrons. The Morgan fingerprint density at radius 1 is 0.895 bits per heavy atom. The molecule has 3 N–H and O–H groups in total. The maximum Gasteiger partial charge on any atom is 1.00 e. The minimum absolute atomic E-state index is 0. The van der Waals surface area contributed by atoms with Crippen molar-refractivity contribution in [2.24, 2.45) is 0 Å². The van der Waals surface area contributed by atoms with Crippen LogP contribution >= 0.6 is 0 Å². The number of hydrogen-bond donors (Lipinski definition) is 3. The summed E-state index contributed by atoms with van der Waals surface area (Å²) in [5, 5.41) is -0.959. The van der Waals surface area contributed by atoms with E-state index in [4.69, 9.17) is 4.55 Å². The van der Waals surface area contributed by atoms with Gasteiger partial charge in [0.05, 0.1) is 11.4 Å². The van der Waals surface area contributed by atoms with Crippen LogP contribution in [0.2, 0.25) is 0 Å². The van der Waals surface area contributed by atoms with Crippen LogP contribution in [0, 0.1) is 0 Å². The Hall–Kier alpha value is -0.620. The molecule has 0 radical (unpaired) electrons. The van der Waals surface area contributed by atoms with Crippen LogP contribution < -0.4 is 29.6 Å². The standard InChI is InChI=1S/C8H8N2O6S2.Na/c11-17(12,13)7-3-1-5(9-7)6-2-4-8(10-6)18(14,15)16;/h1-4,9-10H,(H,11,12,13)(H,14,15,16);/q;+1/p-1. The van der Waals surface area contributed by atoms with Crippen molar-refractivity contribution in [3.8, 4) is 11.4 Å². The van der Waals surface area contributed by atoms with Crippen molar-refractivity contribution in [3.63, 3.8) is 0 Å². The van der Waals surface area contributed by atoms with E-state index in [9.17, 15) is 21.4 Å². The van der Waals surface area contributed by atoms with Crippen LogP contribution in [0.1, 0.15) is 0 Å². The van der Waals surface area contributed by atoms with Crippen molar-refractivity contribution in [2.45, 2.75) is 10.1 Å². The molecule has 8 nitrogen and oxygen atoms in total. The average Bonchev–Trinajstić information content (AvgIpc) is 2.84. The van der Waals surface area contributed by atoms with Crippen LogP contribution in [0.3, 0.4) is 0 Å². The van der Waals surface area contributed by atoms with Gasteiger partial charge in [0.15, 0.2) is 5.03 Å². The summed E-state index contributed by atoms with van der Waals surface area (Å²) in [6.07, 6.45) is 0. The van der Waals surface area contributed by atoms with Crippen LogP contribution in [0.5, 0.6) is 0 Å². The van der Waals surface area contributed by atoms with Gasteiger partial charge in [0.2, 0.25) is 0 Å². The summed E-state index contributed by atoms with van der Waals surface area (Å²) in [5.74, 6) is 0. The van der Waals surface area contributed by atoms with Gasteiger partial charge in [0.1, 0.15) is 15.1 Å². The third kappa shape index (κ3) is 3.69. The summed E-state index contributed by atoms with van der Waals surface area (Å²) in [5.41, 5.74) is 0.428. The fraction of sp³-hybridized carbons (Fsp3) is 0. The monoisotopic (exact) mass is 314 g/mol. The van der Waals surface area contributed by atoms with E-state index in [2.05, 4.69) is 9.97 Å². The van der Waals surface area contributed by atoms with Crippen LogP contribution in [0.25, 0.3) is 11.4 Å². The zero-order valence-electron chi connectivity index (χ0n) is 9.61. The fourth-order valence-corrected chi connectivity index (χ4v) is 2.31. The third-order valence-corrected chi connectivity index (χ3v) is 3.73. The molecular weight excluding hydrogens is 307 g/mol. The first-order chi connectivity index (χ1) is 8.18. The van der Waals surface area contributed by atoms with E-state index >= 15 is 0 Å². The van der Waals surface area contributed by atoms with Gasteiger partial charge < -0.3 is 14.5 Å². The van der Waals surface area contributed by atoms with E-state index < -0.39 is 30.3 Å². The zero-order chi connectivity index (χ0) is 13.6. The normalized spacial score (nSPS) is 12.1. The van der Waals surface area contributed by atoms with E-state index in [-0.39, 0.29) is 40.9 Å². The summed E-state index contributed by atoms with van der Waals surface area (Å²) in [6, 6.07) is 4.78. The number of nitrogens with one attached hydrogen (secondary N) is 2. The van der Waals surface area contributed by atoms with Crippen LogP contribution in [0.4, 0.5) is 0 Å². The molecule has 0 fully saturated rings. The van der Waals surface area contributed by atoms with Crippen molar-refractivity contribution in [1.29, 1.82) is 0 Å². The second-order valence-corrected chi connectivity index (χ2v) is 6.14. The molecular formula is C8H7N2NaO6S2. The van der Waals surface area contributed by atoms with Gasteiger partial charge in [-0.05, 0) is 24.3 Å². The van der Waals surface area contributed by atoms with Gasteiger partial charge in [-0.15, -0.1) is 0 Å². The van der Waals surface area contributed by atoms with Crippen molar-refractivity contribution in [3.05, 3.63) is 24.3 Å². The second kappa shape index (κ2) is 5.40. The summed E-state index contributed by atoms with van der Waals surface area (Å²) >= 11 is 0. The van der Waals surface area contributed by atoms with E-state index in [0.29, 0.717) is 0 Å². The Morgan fingerprint density at radius 3 is 1.63 bits per heavy atom. The van der Waals surface area contributed by atoms with Gasteiger partial charge in [-0.1, -0.05) is 0 Å². The Labute approximate surface area is 131 Å². The predicted octanol–water partition coefficient (Wildman–Crippen LogP) is -2.84. The molecule has 0 aliphatic carbocycles. The van der Waals surface area contributed by atoms with Crippen molar-refractivity contribution < 1.29 is 55.5 Å². The number of rotatable bonds is 3. The van der Waals surface area contributed by atoms with Gasteiger partial charge in [-0.2, -0.15) is 8.42 Å². The van der Waals surface area contributed by atoms with Gasteiger partial charge >= 0.3 is 39.7 Å². The molecule has 0 saturated carbocycles. The topological polar surface area (TPSA) is 143 Å². The van der Waals surface area contributed by atoms with E-state index in [1.807, 2.05) is 0 Å². The first-order valence-corrected chi connectivity index (χ1v) is 7.34. The minimum atomic E-state index is -4.60. The molecule has 0 spiro atoms. The molecule has 0 atom stereocenters. The Morgan fingerprint density at radius 2 is 1.32 bits per heavy atom. The number of hydrogen-bond acceptors (Lipinski definition) is 5. The summed E-state index contributed by atoms with van der Waals surface area (Å²) in [7, 11) is -8.96. The molecule has 0 amide bonds. The van der Waals surface area contributed by atoms with Gasteiger partial charge in [-0.3, -0.25) is 4.55 Å². The second-order valence-electron chi connectivity index (χ2n) is 3.40. The third-order valence-electron chi connectivity index (χ3n) is 2.16. The fourth-order valence-electron chi connectivity index (χ4n) is 1.36. The Bertz CT molecular complexity index is 721. The van der Waals surface area contributed by atoms with Crippen molar-refractivity contribution in [1.82, 2.24) is 9.97 Å². The molecule has 2 aromatic heterocycles. The summed E-state index contributed by atoms with van der Waals surface area (Å²) in [6.45, 7) is 0. The Kier molecular flexibility index (Phi) is 4.67. The quantitative estimate of drug-likeness (QED) is 0.411. The Balaban J connectivity index is 0.00000180. The van der Waals surface area contributed by atoms with Crippen LogP contribution in [-0.2, 0) is 20.2 Å². The average molecular weight is 314 g/mol. The molecule has 2 aromatic rings. The molecule has 11 heteroatoms. The number of aromatic nitrogens is 2. The van der Waals surface area contributed by atoms with Crippen molar-refractivity contribution >= 4 is 20.2 Å². The van der Waals surface area contributed by atoms with E-state index in [1.165, 1.54) is 12.1 Å². The molecule has 0 bridgehead atoms. The van der Waals surface area contributed by atoms with Gasteiger partial charge in [0, 0.05) is 0 Å². The van der Waals surface area contributed by atoms with Gasteiger partial charge in [0.25, 0.3) is 0 Å². The first-order valence-electron chi connectivity index (χ1n) is 4.50. The van der Waals surface area contributed by atoms with Crippen LogP contribution in [-0.4, -0.2) is 35.9 Å². The molecule has 19 heavy (non-hydrogen) atoms. The van der Waals surface area contributed by atoms with E-state index in [1.54, 1.807) is 0 Å². The molecule has 0 aliphatic rings. The van der Waals surface area contributed by atoms with Crippen molar-refractivity contribution in [2.75, 3.05) is 0 Å². The number of aromatic amines is 2. The summed E-state index contributed by atoms with van der Waals surface area (Å²) in [4.78, 5) is 4.69. The van der Waals surface area contributed by atoms with Gasteiger partial charge in [-0.25, -0.2) is 8.42 Å². The zero-order valence-corrected chi connectivity index (χ0v) is 13.2. The minimum Gasteiger partial charge on any atom is -0.743 e. The smallest absolute Gasteiger partial charge is 0.743 e. The molecule has 0 aromatic carbocycles. The van der Waals surface area contributed by atoms with E-state index in [0.717, 1.165) is 12.1 Å². The predicted molar refractivity (Wildman–Crippen MR) is 58.4 cm³/mol. The maximum absolute atomic E-state index is 10.8. The first kappa shape index (κ1) is 16.4.